The summed E-state index contributed by atoms with van der Waals surface area (Å²) < 4.78 is 13.2. The van der Waals surface area contributed by atoms with E-state index in [4.69, 9.17) is 0 Å². The molecule has 0 heterocycles. The van der Waals surface area contributed by atoms with Crippen LogP contribution in [-0.2, 0) is 0 Å². The fourth-order valence-corrected chi connectivity index (χ4v) is 2.64. The van der Waals surface area contributed by atoms with Gasteiger partial charge in [0.25, 0.3) is 0 Å². The molecule has 3 nitrogen and oxygen atoms in total. The lowest BCUT2D eigenvalue weighted by atomic mass is 10.0. The Morgan fingerprint density at radius 3 is 1.85 bits per heavy atom. The zero-order chi connectivity index (χ0) is 19.1. The molecule has 0 radical (unpaired) electrons. The van der Waals surface area contributed by atoms with Gasteiger partial charge in [0.1, 0.15) is 11.5 Å². The van der Waals surface area contributed by atoms with Gasteiger partial charge in [0.05, 0.1) is 5.71 Å². The number of benzene rings is 3. The van der Waals surface area contributed by atoms with Gasteiger partial charge in [0, 0.05) is 11.1 Å². The van der Waals surface area contributed by atoms with Gasteiger partial charge in [-0.05, 0) is 24.1 Å². The molecule has 0 aliphatic rings. The van der Waals surface area contributed by atoms with Gasteiger partial charge in [-0.25, -0.2) is 4.39 Å². The van der Waals surface area contributed by atoms with Crippen molar-refractivity contribution in [3.05, 3.63) is 107 Å². The summed E-state index contributed by atoms with van der Waals surface area (Å²) in [6.45, 7) is 1.94. The molecule has 0 spiro atoms. The molecule has 0 saturated heterocycles. The molecule has 134 valence electrons. The van der Waals surface area contributed by atoms with Crippen molar-refractivity contribution in [1.82, 2.24) is 0 Å². The van der Waals surface area contributed by atoms with Crippen molar-refractivity contribution in [1.29, 1.82) is 0 Å². The quantitative estimate of drug-likeness (QED) is 0.334. The van der Waals surface area contributed by atoms with Crippen LogP contribution in [0.2, 0.25) is 0 Å². The summed E-state index contributed by atoms with van der Waals surface area (Å²) in [5.74, 6) is -0.498. The molecule has 3 aromatic carbocycles. The molecular weight excluding hydrogens is 339 g/mol. The van der Waals surface area contributed by atoms with E-state index in [-0.39, 0.29) is 17.3 Å². The molecule has 0 aromatic heterocycles. The maximum absolute atomic E-state index is 13.2. The van der Waals surface area contributed by atoms with Gasteiger partial charge >= 0.3 is 0 Å². The molecular formula is C23H19FN2O. The lowest BCUT2D eigenvalue weighted by Gasteiger charge is -2.06. The van der Waals surface area contributed by atoms with E-state index < -0.39 is 0 Å². The summed E-state index contributed by atoms with van der Waals surface area (Å²) in [6, 6.07) is 24.3. The molecule has 0 atom stereocenters. The van der Waals surface area contributed by atoms with Gasteiger partial charge in [-0.2, -0.15) is 5.10 Å². The fraction of sp³-hybridized carbons (Fsp3) is 0.0870. The molecule has 0 N–H and O–H groups in total. The van der Waals surface area contributed by atoms with E-state index in [2.05, 4.69) is 10.2 Å². The van der Waals surface area contributed by atoms with Gasteiger partial charge in [0.15, 0.2) is 0 Å². The van der Waals surface area contributed by atoms with E-state index in [0.717, 1.165) is 5.56 Å². The maximum Gasteiger partial charge on any atom is 0.213 e. The number of Topliss-reactive ketones (excluding diaryl/α,β-unsaturated/α-hetero) is 1. The van der Waals surface area contributed by atoms with E-state index in [0.29, 0.717) is 23.3 Å². The number of nitrogens with zero attached hydrogens (tertiary/aromatic N) is 2. The summed E-state index contributed by atoms with van der Waals surface area (Å²) in [6.07, 6.45) is 0.608. The first-order valence-electron chi connectivity index (χ1n) is 8.74. The normalized spacial score (nSPS) is 12.1. The summed E-state index contributed by atoms with van der Waals surface area (Å²) in [5.41, 5.74) is 2.99. The van der Waals surface area contributed by atoms with Crippen LogP contribution in [0.15, 0.2) is 95.1 Å². The van der Waals surface area contributed by atoms with Crippen molar-refractivity contribution >= 4 is 17.2 Å². The van der Waals surface area contributed by atoms with Gasteiger partial charge in [-0.3, -0.25) is 4.79 Å². The monoisotopic (exact) mass is 358 g/mol. The Bertz CT molecular complexity index is 962. The van der Waals surface area contributed by atoms with Gasteiger partial charge in [0.2, 0.25) is 5.78 Å². The number of carbonyl (C=O) groups is 1. The molecule has 0 saturated carbocycles. The molecule has 0 aliphatic heterocycles. The number of ketones is 1. The summed E-state index contributed by atoms with van der Waals surface area (Å²) in [7, 11) is 0. The van der Waals surface area contributed by atoms with Crippen LogP contribution in [0, 0.1) is 5.82 Å². The number of carbonyl (C=O) groups excluding carboxylic acids is 1. The van der Waals surface area contributed by atoms with Crippen molar-refractivity contribution < 1.29 is 9.18 Å². The Balaban J connectivity index is 2.04. The van der Waals surface area contributed by atoms with Crippen molar-refractivity contribution in [2.75, 3.05) is 0 Å². The molecule has 0 amide bonds. The van der Waals surface area contributed by atoms with Crippen LogP contribution in [0.5, 0.6) is 0 Å². The van der Waals surface area contributed by atoms with Crippen LogP contribution in [0.1, 0.15) is 34.8 Å². The van der Waals surface area contributed by atoms with Crippen LogP contribution in [-0.4, -0.2) is 17.2 Å². The van der Waals surface area contributed by atoms with E-state index >= 15 is 0 Å². The third-order valence-corrected chi connectivity index (χ3v) is 4.08. The first-order valence-corrected chi connectivity index (χ1v) is 8.74. The average molecular weight is 358 g/mol. The number of rotatable bonds is 6. The molecule has 0 fully saturated rings. The minimum atomic E-state index is -0.304. The first-order chi connectivity index (χ1) is 13.2. The molecule has 0 bridgehead atoms. The molecule has 4 heteroatoms. The number of halogens is 1. The largest absolute Gasteiger partial charge is 0.287 e. The van der Waals surface area contributed by atoms with Crippen LogP contribution >= 0.6 is 0 Å². The highest BCUT2D eigenvalue weighted by atomic mass is 19.1. The highest BCUT2D eigenvalue weighted by Crippen LogP contribution is 2.12. The maximum atomic E-state index is 13.2. The summed E-state index contributed by atoms with van der Waals surface area (Å²) >= 11 is 0. The lowest BCUT2D eigenvalue weighted by molar-refractivity contribution is 0.106. The second kappa shape index (κ2) is 8.81. The summed E-state index contributed by atoms with van der Waals surface area (Å²) in [4.78, 5) is 13.0. The smallest absolute Gasteiger partial charge is 0.213 e. The van der Waals surface area contributed by atoms with E-state index in [1.807, 2.05) is 55.5 Å². The second-order valence-corrected chi connectivity index (χ2v) is 5.92. The van der Waals surface area contributed by atoms with Crippen molar-refractivity contribution in [3.8, 4) is 0 Å². The molecule has 0 unspecified atom stereocenters. The fourth-order valence-electron chi connectivity index (χ4n) is 2.64. The van der Waals surface area contributed by atoms with Crippen LogP contribution in [0.4, 0.5) is 4.39 Å². The third kappa shape index (κ3) is 4.61. The van der Waals surface area contributed by atoms with Gasteiger partial charge < -0.3 is 0 Å². The zero-order valence-corrected chi connectivity index (χ0v) is 15.0. The number of hydrogen-bond donors (Lipinski definition) is 0. The Morgan fingerprint density at radius 1 is 0.741 bits per heavy atom. The Hall–Kier alpha value is -3.40. The SMILES string of the molecule is CC/C(=N/N=C(\C(=O)c1ccccc1)c1ccccc1)c1ccc(F)cc1. The van der Waals surface area contributed by atoms with E-state index in [1.54, 1.807) is 24.3 Å². The molecule has 3 aromatic rings. The van der Waals surface area contributed by atoms with Crippen molar-refractivity contribution in [3.63, 3.8) is 0 Å². The average Bonchev–Trinajstić information content (AvgIpc) is 2.73. The predicted molar refractivity (Wildman–Crippen MR) is 107 cm³/mol. The van der Waals surface area contributed by atoms with Gasteiger partial charge in [-0.1, -0.05) is 79.7 Å². The van der Waals surface area contributed by atoms with Crippen LogP contribution in [0.25, 0.3) is 0 Å². The van der Waals surface area contributed by atoms with Crippen molar-refractivity contribution in [2.24, 2.45) is 10.2 Å². The summed E-state index contributed by atoms with van der Waals surface area (Å²) in [5, 5.41) is 8.63. The second-order valence-electron chi connectivity index (χ2n) is 5.92. The Labute approximate surface area is 157 Å². The topological polar surface area (TPSA) is 41.8 Å². The Morgan fingerprint density at radius 2 is 1.30 bits per heavy atom. The highest BCUT2D eigenvalue weighted by Gasteiger charge is 2.16. The molecule has 3 rings (SSSR count). The predicted octanol–water partition coefficient (Wildman–Crippen LogP) is 5.31. The standard InChI is InChI=1S/C23H19FN2O/c1-2-21(17-13-15-20(24)16-14-17)25-26-22(18-9-5-3-6-10-18)23(27)19-11-7-4-8-12-19/h3-16H,2H2,1H3/b25-21-,26-22-. The minimum Gasteiger partial charge on any atom is -0.287 e. The zero-order valence-electron chi connectivity index (χ0n) is 15.0. The van der Waals surface area contributed by atoms with Gasteiger partial charge in [-0.15, -0.1) is 5.10 Å². The minimum absolute atomic E-state index is 0.194. The molecule has 0 aliphatic carbocycles. The Kier molecular flexibility index (Phi) is 6.00. The van der Waals surface area contributed by atoms with Crippen molar-refractivity contribution in [2.45, 2.75) is 13.3 Å². The number of hydrogen-bond acceptors (Lipinski definition) is 3. The van der Waals surface area contributed by atoms with Crippen LogP contribution in [0.3, 0.4) is 0 Å². The molecule has 27 heavy (non-hydrogen) atoms. The first kappa shape index (κ1) is 18.4. The van der Waals surface area contributed by atoms with E-state index in [1.165, 1.54) is 12.1 Å². The highest BCUT2D eigenvalue weighted by molar-refractivity contribution is 6.51. The van der Waals surface area contributed by atoms with E-state index in [9.17, 15) is 9.18 Å². The third-order valence-electron chi connectivity index (χ3n) is 4.08. The van der Waals surface area contributed by atoms with Crippen LogP contribution < -0.4 is 0 Å². The lowest BCUT2D eigenvalue weighted by Crippen LogP contribution is -2.16.